The SMILES string of the molecule is CN=C(NCc1ccc(COC)cc1)N(C)CCOc1ccccc1.I. The van der Waals surface area contributed by atoms with Gasteiger partial charge < -0.3 is 19.7 Å². The molecule has 1 N–H and O–H groups in total. The largest absolute Gasteiger partial charge is 0.492 e. The maximum atomic E-state index is 5.73. The molecule has 2 aromatic carbocycles. The van der Waals surface area contributed by atoms with Crippen LogP contribution in [0.15, 0.2) is 59.6 Å². The number of para-hydroxylation sites is 1. The minimum absolute atomic E-state index is 0. The highest BCUT2D eigenvalue weighted by atomic mass is 127. The van der Waals surface area contributed by atoms with Crippen molar-refractivity contribution in [2.75, 3.05) is 34.4 Å². The van der Waals surface area contributed by atoms with Gasteiger partial charge in [-0.05, 0) is 23.3 Å². The third kappa shape index (κ3) is 7.61. The minimum Gasteiger partial charge on any atom is -0.492 e. The second kappa shape index (κ2) is 12.5. The van der Waals surface area contributed by atoms with Crippen molar-refractivity contribution in [3.05, 3.63) is 65.7 Å². The lowest BCUT2D eigenvalue weighted by Gasteiger charge is -2.22. The van der Waals surface area contributed by atoms with Gasteiger partial charge in [-0.3, -0.25) is 4.99 Å². The highest BCUT2D eigenvalue weighted by Crippen LogP contribution is 2.08. The summed E-state index contributed by atoms with van der Waals surface area (Å²) in [6.07, 6.45) is 0. The molecule has 0 saturated carbocycles. The number of hydrogen-bond acceptors (Lipinski definition) is 3. The Bertz CT molecular complexity index is 648. The van der Waals surface area contributed by atoms with E-state index in [1.807, 2.05) is 37.4 Å². The molecule has 0 aliphatic rings. The first-order chi connectivity index (χ1) is 12.2. The van der Waals surface area contributed by atoms with E-state index in [-0.39, 0.29) is 24.0 Å². The quantitative estimate of drug-likeness (QED) is 0.365. The van der Waals surface area contributed by atoms with Crippen LogP contribution in [0.4, 0.5) is 0 Å². The lowest BCUT2D eigenvalue weighted by molar-refractivity contribution is 0.185. The number of nitrogens with one attached hydrogen (secondary N) is 1. The standard InChI is InChI=1S/C20H27N3O2.HI/c1-21-20(22-15-17-9-11-18(12-10-17)16-24-3)23(2)13-14-25-19-7-5-4-6-8-19;/h4-12H,13-16H2,1-3H3,(H,21,22);1H. The number of methoxy groups -OCH3 is 1. The lowest BCUT2D eigenvalue weighted by atomic mass is 10.1. The normalized spacial score (nSPS) is 10.8. The average molecular weight is 469 g/mol. The number of rotatable bonds is 8. The van der Waals surface area contributed by atoms with E-state index in [1.165, 1.54) is 11.1 Å². The summed E-state index contributed by atoms with van der Waals surface area (Å²) < 4.78 is 10.9. The Balaban J connectivity index is 0.00000338. The van der Waals surface area contributed by atoms with Crippen LogP contribution < -0.4 is 10.1 Å². The first-order valence-corrected chi connectivity index (χ1v) is 8.39. The molecule has 0 amide bonds. The summed E-state index contributed by atoms with van der Waals surface area (Å²) in [6.45, 7) is 2.72. The molecule has 0 atom stereocenters. The van der Waals surface area contributed by atoms with Crippen LogP contribution in [0.1, 0.15) is 11.1 Å². The number of likely N-dealkylation sites (N-methyl/N-ethyl adjacent to an activating group) is 1. The van der Waals surface area contributed by atoms with Gasteiger partial charge in [0.05, 0.1) is 13.2 Å². The van der Waals surface area contributed by atoms with Crippen LogP contribution in [0, 0.1) is 0 Å². The molecule has 142 valence electrons. The summed E-state index contributed by atoms with van der Waals surface area (Å²) in [5.74, 6) is 1.73. The Morgan fingerprint density at radius 2 is 1.69 bits per heavy atom. The maximum absolute atomic E-state index is 5.73. The average Bonchev–Trinajstić information content (AvgIpc) is 2.65. The first kappa shape index (κ1) is 22.2. The van der Waals surface area contributed by atoms with Gasteiger partial charge >= 0.3 is 0 Å². The summed E-state index contributed by atoms with van der Waals surface area (Å²) in [4.78, 5) is 6.39. The molecular weight excluding hydrogens is 441 g/mol. The molecule has 0 saturated heterocycles. The van der Waals surface area contributed by atoms with Gasteiger partial charge in [0.1, 0.15) is 12.4 Å². The van der Waals surface area contributed by atoms with Crippen LogP contribution in [-0.2, 0) is 17.9 Å². The van der Waals surface area contributed by atoms with Crippen LogP contribution in [0.2, 0.25) is 0 Å². The van der Waals surface area contributed by atoms with Gasteiger partial charge in [-0.1, -0.05) is 42.5 Å². The minimum atomic E-state index is 0. The number of benzene rings is 2. The molecule has 6 heteroatoms. The maximum Gasteiger partial charge on any atom is 0.193 e. The topological polar surface area (TPSA) is 46.1 Å². The molecule has 0 spiro atoms. The van der Waals surface area contributed by atoms with Gasteiger partial charge in [-0.2, -0.15) is 0 Å². The van der Waals surface area contributed by atoms with E-state index in [0.29, 0.717) is 13.2 Å². The van der Waals surface area contributed by atoms with Crippen molar-refractivity contribution in [2.24, 2.45) is 4.99 Å². The number of ether oxygens (including phenoxy) is 2. The van der Waals surface area contributed by atoms with E-state index in [4.69, 9.17) is 9.47 Å². The van der Waals surface area contributed by atoms with Gasteiger partial charge in [0.25, 0.3) is 0 Å². The van der Waals surface area contributed by atoms with Crippen LogP contribution in [-0.4, -0.2) is 45.2 Å². The van der Waals surface area contributed by atoms with Crippen LogP contribution in [0.3, 0.4) is 0 Å². The van der Waals surface area contributed by atoms with Crippen molar-refractivity contribution in [3.8, 4) is 5.75 Å². The molecule has 0 fully saturated rings. The number of aliphatic imine (C=N–C) groups is 1. The summed E-state index contributed by atoms with van der Waals surface area (Å²) in [7, 11) is 5.50. The van der Waals surface area contributed by atoms with Crippen LogP contribution in [0.5, 0.6) is 5.75 Å². The van der Waals surface area contributed by atoms with Gasteiger partial charge in [0.15, 0.2) is 5.96 Å². The Labute approximate surface area is 173 Å². The Hall–Kier alpha value is -1.80. The fraction of sp³-hybridized carbons (Fsp3) is 0.350. The first-order valence-electron chi connectivity index (χ1n) is 8.39. The highest BCUT2D eigenvalue weighted by molar-refractivity contribution is 14.0. The molecule has 0 radical (unpaired) electrons. The summed E-state index contributed by atoms with van der Waals surface area (Å²) in [6, 6.07) is 18.2. The number of guanidine groups is 1. The van der Waals surface area contributed by atoms with Crippen molar-refractivity contribution >= 4 is 29.9 Å². The molecule has 0 aliphatic carbocycles. The number of halogens is 1. The monoisotopic (exact) mass is 469 g/mol. The summed E-state index contributed by atoms with van der Waals surface area (Å²) in [5, 5.41) is 3.37. The molecule has 2 rings (SSSR count). The molecule has 0 aromatic heterocycles. The lowest BCUT2D eigenvalue weighted by Crippen LogP contribution is -2.40. The second-order valence-electron chi connectivity index (χ2n) is 5.73. The van der Waals surface area contributed by atoms with Crippen LogP contribution >= 0.6 is 24.0 Å². The Kier molecular flexibility index (Phi) is 10.7. The van der Waals surface area contributed by atoms with Crippen molar-refractivity contribution < 1.29 is 9.47 Å². The molecule has 5 nitrogen and oxygen atoms in total. The van der Waals surface area contributed by atoms with E-state index in [9.17, 15) is 0 Å². The van der Waals surface area contributed by atoms with E-state index >= 15 is 0 Å². The molecule has 0 heterocycles. The van der Waals surface area contributed by atoms with Gasteiger partial charge in [-0.15, -0.1) is 24.0 Å². The highest BCUT2D eigenvalue weighted by Gasteiger charge is 2.06. The van der Waals surface area contributed by atoms with E-state index in [2.05, 4.69) is 39.5 Å². The second-order valence-corrected chi connectivity index (χ2v) is 5.73. The molecule has 0 bridgehead atoms. The van der Waals surface area contributed by atoms with Crippen molar-refractivity contribution in [3.63, 3.8) is 0 Å². The van der Waals surface area contributed by atoms with E-state index in [0.717, 1.165) is 24.8 Å². The van der Waals surface area contributed by atoms with E-state index < -0.39 is 0 Å². The Morgan fingerprint density at radius 3 is 2.31 bits per heavy atom. The zero-order valence-corrected chi connectivity index (χ0v) is 18.0. The van der Waals surface area contributed by atoms with Gasteiger partial charge in [0.2, 0.25) is 0 Å². The summed E-state index contributed by atoms with van der Waals surface area (Å²) >= 11 is 0. The molecule has 26 heavy (non-hydrogen) atoms. The predicted octanol–water partition coefficient (Wildman–Crippen LogP) is 3.54. The number of hydrogen-bond donors (Lipinski definition) is 1. The van der Waals surface area contributed by atoms with Crippen LogP contribution in [0.25, 0.3) is 0 Å². The van der Waals surface area contributed by atoms with Crippen molar-refractivity contribution in [1.29, 1.82) is 0 Å². The molecule has 0 aliphatic heterocycles. The zero-order valence-electron chi connectivity index (χ0n) is 15.6. The zero-order chi connectivity index (χ0) is 17.9. The smallest absolute Gasteiger partial charge is 0.193 e. The van der Waals surface area contributed by atoms with E-state index in [1.54, 1.807) is 14.2 Å². The van der Waals surface area contributed by atoms with Gasteiger partial charge in [0, 0.05) is 27.7 Å². The van der Waals surface area contributed by atoms with Crippen molar-refractivity contribution in [2.45, 2.75) is 13.2 Å². The Morgan fingerprint density at radius 1 is 1.04 bits per heavy atom. The third-order valence-electron chi connectivity index (χ3n) is 3.80. The fourth-order valence-electron chi connectivity index (χ4n) is 2.41. The third-order valence-corrected chi connectivity index (χ3v) is 3.80. The fourth-order valence-corrected chi connectivity index (χ4v) is 2.41. The molecular formula is C20H28IN3O2. The number of nitrogens with zero attached hydrogens (tertiary/aromatic N) is 2. The predicted molar refractivity (Wildman–Crippen MR) is 117 cm³/mol. The van der Waals surface area contributed by atoms with Crippen molar-refractivity contribution in [1.82, 2.24) is 10.2 Å². The van der Waals surface area contributed by atoms with Gasteiger partial charge in [-0.25, -0.2) is 0 Å². The summed E-state index contributed by atoms with van der Waals surface area (Å²) in [5.41, 5.74) is 2.38. The molecule has 2 aromatic rings. The molecule has 0 unspecified atom stereocenters.